The standard InChI is InChI=1S/C23H20N2O2S/c1-15(26)13-14-25-21(18-11-7-4-8-12-18)24-22-20(23(25)27)19(16(2)28-22)17-9-5-3-6-10-17/h3-12H,13-14H2,1-2H3. The van der Waals surface area contributed by atoms with Crippen molar-refractivity contribution in [1.29, 1.82) is 0 Å². The fourth-order valence-electron chi connectivity index (χ4n) is 3.43. The Labute approximate surface area is 167 Å². The van der Waals surface area contributed by atoms with Gasteiger partial charge in [0, 0.05) is 29.0 Å². The summed E-state index contributed by atoms with van der Waals surface area (Å²) in [5.74, 6) is 0.663. The molecule has 2 aromatic carbocycles. The molecule has 0 fully saturated rings. The van der Waals surface area contributed by atoms with Gasteiger partial charge in [0.2, 0.25) is 0 Å². The molecule has 0 spiro atoms. The number of ketones is 1. The maximum absolute atomic E-state index is 13.6. The Kier molecular flexibility index (Phi) is 4.92. The van der Waals surface area contributed by atoms with E-state index in [1.54, 1.807) is 11.5 Å². The van der Waals surface area contributed by atoms with Crippen LogP contribution in [0.15, 0.2) is 65.5 Å². The number of aryl methyl sites for hydroxylation is 1. The molecule has 0 aliphatic heterocycles. The Balaban J connectivity index is 2.02. The second-order valence-corrected chi connectivity index (χ2v) is 7.99. The first-order chi connectivity index (χ1) is 13.6. The Morgan fingerprint density at radius 3 is 2.21 bits per heavy atom. The third-order valence-corrected chi connectivity index (χ3v) is 5.77. The van der Waals surface area contributed by atoms with Crippen LogP contribution in [0, 0.1) is 6.92 Å². The maximum atomic E-state index is 13.6. The minimum atomic E-state index is -0.0895. The van der Waals surface area contributed by atoms with E-state index in [4.69, 9.17) is 4.98 Å². The van der Waals surface area contributed by atoms with Crippen molar-refractivity contribution < 1.29 is 4.79 Å². The van der Waals surface area contributed by atoms with Gasteiger partial charge in [0.25, 0.3) is 5.56 Å². The lowest BCUT2D eigenvalue weighted by Crippen LogP contribution is -2.24. The number of rotatable bonds is 5. The van der Waals surface area contributed by atoms with Crippen LogP contribution in [0.2, 0.25) is 0 Å². The molecule has 28 heavy (non-hydrogen) atoms. The number of carbonyl (C=O) groups is 1. The third-order valence-electron chi connectivity index (χ3n) is 4.77. The highest BCUT2D eigenvalue weighted by atomic mass is 32.1. The van der Waals surface area contributed by atoms with Crippen molar-refractivity contribution in [3.63, 3.8) is 0 Å². The summed E-state index contributed by atoms with van der Waals surface area (Å²) in [6, 6.07) is 19.6. The molecule has 0 saturated heterocycles. The molecular formula is C23H20N2O2S. The first-order valence-corrected chi connectivity index (χ1v) is 10.0. The number of benzene rings is 2. The van der Waals surface area contributed by atoms with Crippen molar-refractivity contribution in [3.8, 4) is 22.5 Å². The summed E-state index contributed by atoms with van der Waals surface area (Å²) in [4.78, 5) is 31.8. The average molecular weight is 388 g/mol. The molecule has 140 valence electrons. The lowest BCUT2D eigenvalue weighted by Gasteiger charge is -2.12. The van der Waals surface area contributed by atoms with E-state index in [0.29, 0.717) is 24.2 Å². The number of thiophene rings is 1. The van der Waals surface area contributed by atoms with Crippen LogP contribution in [0.5, 0.6) is 0 Å². The van der Waals surface area contributed by atoms with Crippen molar-refractivity contribution >= 4 is 27.3 Å². The second kappa shape index (κ2) is 7.52. The summed E-state index contributed by atoms with van der Waals surface area (Å²) in [6.07, 6.45) is 0.302. The molecule has 4 aromatic rings. The van der Waals surface area contributed by atoms with Crippen molar-refractivity contribution in [2.45, 2.75) is 26.8 Å². The molecule has 0 bridgehead atoms. The number of hydrogen-bond acceptors (Lipinski definition) is 4. The molecule has 0 aliphatic carbocycles. The smallest absolute Gasteiger partial charge is 0.263 e. The van der Waals surface area contributed by atoms with E-state index in [-0.39, 0.29) is 11.3 Å². The molecule has 4 nitrogen and oxygen atoms in total. The van der Waals surface area contributed by atoms with Crippen LogP contribution in [-0.2, 0) is 11.3 Å². The van der Waals surface area contributed by atoms with Crippen LogP contribution >= 0.6 is 11.3 Å². The molecule has 0 radical (unpaired) electrons. The van der Waals surface area contributed by atoms with Crippen molar-refractivity contribution in [3.05, 3.63) is 75.9 Å². The van der Waals surface area contributed by atoms with Crippen molar-refractivity contribution in [2.75, 3.05) is 0 Å². The number of fused-ring (bicyclic) bond motifs is 1. The number of aromatic nitrogens is 2. The van der Waals surface area contributed by atoms with Gasteiger partial charge in [0.05, 0.1) is 5.39 Å². The van der Waals surface area contributed by atoms with Gasteiger partial charge < -0.3 is 0 Å². The Morgan fingerprint density at radius 1 is 1.00 bits per heavy atom. The quantitative estimate of drug-likeness (QED) is 0.479. The van der Waals surface area contributed by atoms with E-state index in [1.807, 2.05) is 67.6 Å². The molecule has 0 N–H and O–H groups in total. The zero-order valence-electron chi connectivity index (χ0n) is 15.8. The van der Waals surface area contributed by atoms with Gasteiger partial charge in [-0.25, -0.2) is 4.98 Å². The fraction of sp³-hybridized carbons (Fsp3) is 0.174. The minimum absolute atomic E-state index is 0.0517. The van der Waals surface area contributed by atoms with Crippen molar-refractivity contribution in [2.24, 2.45) is 0 Å². The van der Waals surface area contributed by atoms with E-state index in [2.05, 4.69) is 0 Å². The average Bonchev–Trinajstić information content (AvgIpc) is 3.04. The maximum Gasteiger partial charge on any atom is 0.263 e. The summed E-state index contributed by atoms with van der Waals surface area (Å²) in [6.45, 7) is 3.89. The Hall–Kier alpha value is -3.05. The Morgan fingerprint density at radius 2 is 1.61 bits per heavy atom. The van der Waals surface area contributed by atoms with E-state index in [1.165, 1.54) is 11.3 Å². The number of hydrogen-bond donors (Lipinski definition) is 0. The summed E-state index contributed by atoms with van der Waals surface area (Å²) in [5, 5.41) is 0.636. The number of carbonyl (C=O) groups excluding carboxylic acids is 1. The summed E-state index contributed by atoms with van der Waals surface area (Å²) in [7, 11) is 0. The molecule has 0 amide bonds. The van der Waals surface area contributed by atoms with Crippen LogP contribution in [0.25, 0.3) is 32.7 Å². The van der Waals surface area contributed by atoms with Gasteiger partial charge >= 0.3 is 0 Å². The molecule has 2 aromatic heterocycles. The van der Waals surface area contributed by atoms with Gasteiger partial charge in [0.15, 0.2) is 0 Å². The molecule has 0 aliphatic rings. The van der Waals surface area contributed by atoms with Gasteiger partial charge in [-0.1, -0.05) is 60.7 Å². The second-order valence-electron chi connectivity index (χ2n) is 6.79. The largest absolute Gasteiger partial charge is 0.300 e. The zero-order chi connectivity index (χ0) is 19.7. The van der Waals surface area contributed by atoms with Gasteiger partial charge in [-0.05, 0) is 19.4 Å². The Bertz CT molecular complexity index is 1210. The lowest BCUT2D eigenvalue weighted by atomic mass is 10.0. The molecule has 4 rings (SSSR count). The lowest BCUT2D eigenvalue weighted by molar-refractivity contribution is -0.117. The van der Waals surface area contributed by atoms with E-state index < -0.39 is 0 Å². The van der Waals surface area contributed by atoms with E-state index in [0.717, 1.165) is 26.4 Å². The fourth-order valence-corrected chi connectivity index (χ4v) is 4.47. The topological polar surface area (TPSA) is 52.0 Å². The zero-order valence-corrected chi connectivity index (χ0v) is 16.6. The highest BCUT2D eigenvalue weighted by Crippen LogP contribution is 2.36. The van der Waals surface area contributed by atoms with Crippen LogP contribution in [0.1, 0.15) is 18.2 Å². The molecule has 5 heteroatoms. The highest BCUT2D eigenvalue weighted by molar-refractivity contribution is 7.19. The monoisotopic (exact) mass is 388 g/mol. The van der Waals surface area contributed by atoms with Crippen molar-refractivity contribution in [1.82, 2.24) is 9.55 Å². The SMILES string of the molecule is CC(=O)CCn1c(-c2ccccc2)nc2sc(C)c(-c3ccccc3)c2c1=O. The number of nitrogens with zero attached hydrogens (tertiary/aromatic N) is 2. The third kappa shape index (κ3) is 3.29. The number of Topliss-reactive ketones (excluding diaryl/α,β-unsaturated/α-hetero) is 1. The van der Waals surface area contributed by atoms with Gasteiger partial charge in [-0.15, -0.1) is 11.3 Å². The van der Waals surface area contributed by atoms with Crippen LogP contribution in [0.3, 0.4) is 0 Å². The normalized spacial score (nSPS) is 11.1. The molecule has 0 unspecified atom stereocenters. The predicted molar refractivity (Wildman–Crippen MR) is 115 cm³/mol. The summed E-state index contributed by atoms with van der Waals surface area (Å²) < 4.78 is 1.65. The highest BCUT2D eigenvalue weighted by Gasteiger charge is 2.20. The predicted octanol–water partition coefficient (Wildman–Crippen LogP) is 5.08. The first-order valence-electron chi connectivity index (χ1n) is 9.20. The van der Waals surface area contributed by atoms with Gasteiger partial charge in [-0.3, -0.25) is 14.2 Å². The molecule has 0 saturated carbocycles. The first kappa shape index (κ1) is 18.3. The summed E-state index contributed by atoms with van der Waals surface area (Å²) in [5.41, 5.74) is 2.73. The molecule has 0 atom stereocenters. The molecular weight excluding hydrogens is 368 g/mol. The van der Waals surface area contributed by atoms with Crippen LogP contribution in [0.4, 0.5) is 0 Å². The summed E-state index contributed by atoms with van der Waals surface area (Å²) >= 11 is 1.54. The van der Waals surface area contributed by atoms with Crippen LogP contribution in [-0.4, -0.2) is 15.3 Å². The minimum Gasteiger partial charge on any atom is -0.300 e. The van der Waals surface area contributed by atoms with Crippen LogP contribution < -0.4 is 5.56 Å². The molecule has 2 heterocycles. The van der Waals surface area contributed by atoms with Gasteiger partial charge in [0.1, 0.15) is 16.4 Å². The van der Waals surface area contributed by atoms with Gasteiger partial charge in [-0.2, -0.15) is 0 Å². The van der Waals surface area contributed by atoms with E-state index in [9.17, 15) is 9.59 Å². The van der Waals surface area contributed by atoms with E-state index >= 15 is 0 Å².